The molecular weight excluding hydrogens is 166 g/mol. The maximum atomic E-state index is 9.53. The summed E-state index contributed by atoms with van der Waals surface area (Å²) >= 11 is 0. The molecule has 0 bridgehead atoms. The van der Waals surface area contributed by atoms with Crippen LogP contribution in [-0.2, 0) is 4.74 Å². The molecule has 0 unspecified atom stereocenters. The van der Waals surface area contributed by atoms with Gasteiger partial charge in [-0.15, -0.1) is 0 Å². The highest BCUT2D eigenvalue weighted by molar-refractivity contribution is 4.84. The molecule has 0 amide bonds. The lowest BCUT2D eigenvalue weighted by atomic mass is 10.0. The van der Waals surface area contributed by atoms with E-state index in [1.54, 1.807) is 0 Å². The van der Waals surface area contributed by atoms with Crippen molar-refractivity contribution < 1.29 is 9.84 Å². The Bertz CT molecular complexity index is 159. The van der Waals surface area contributed by atoms with Gasteiger partial charge in [-0.1, -0.05) is 13.3 Å². The number of aliphatic hydroxyl groups is 1. The number of hydrogen-bond acceptors (Lipinski definition) is 3. The first-order valence-electron chi connectivity index (χ1n) is 5.12. The lowest BCUT2D eigenvalue weighted by molar-refractivity contribution is -0.103. The molecule has 3 heteroatoms. The van der Waals surface area contributed by atoms with Crippen LogP contribution in [0.3, 0.4) is 0 Å². The van der Waals surface area contributed by atoms with Crippen LogP contribution < -0.4 is 5.32 Å². The zero-order chi connectivity index (χ0) is 9.90. The van der Waals surface area contributed by atoms with E-state index < -0.39 is 0 Å². The molecule has 1 heterocycles. The van der Waals surface area contributed by atoms with E-state index in [9.17, 15) is 5.11 Å². The molecule has 1 rings (SSSR count). The largest absolute Gasteiger partial charge is 0.389 e. The summed E-state index contributed by atoms with van der Waals surface area (Å²) in [5.74, 6) is 0. The van der Waals surface area contributed by atoms with E-state index >= 15 is 0 Å². The Labute approximate surface area is 80.5 Å². The third-order valence-corrected chi connectivity index (χ3v) is 2.45. The fraction of sp³-hybridized carbons (Fsp3) is 1.00. The molecule has 0 aliphatic carbocycles. The number of β-amino-alcohol motifs (C(OH)–C–C–N with tert-alkyl or cyclic N) is 1. The third kappa shape index (κ3) is 3.25. The van der Waals surface area contributed by atoms with Gasteiger partial charge in [0.1, 0.15) is 0 Å². The van der Waals surface area contributed by atoms with Gasteiger partial charge in [-0.2, -0.15) is 0 Å². The van der Waals surface area contributed by atoms with Gasteiger partial charge in [0.25, 0.3) is 0 Å². The fourth-order valence-electron chi connectivity index (χ4n) is 1.83. The van der Waals surface area contributed by atoms with E-state index in [4.69, 9.17) is 4.74 Å². The average molecular weight is 187 g/mol. The second kappa shape index (κ2) is 4.40. The first-order chi connectivity index (χ1) is 6.05. The van der Waals surface area contributed by atoms with E-state index in [-0.39, 0.29) is 17.8 Å². The summed E-state index contributed by atoms with van der Waals surface area (Å²) in [5.41, 5.74) is -0.105. The van der Waals surface area contributed by atoms with E-state index in [0.29, 0.717) is 6.54 Å². The van der Waals surface area contributed by atoms with Crippen LogP contribution in [-0.4, -0.2) is 36.0 Å². The summed E-state index contributed by atoms with van der Waals surface area (Å²) in [6.07, 6.45) is 1.79. The number of hydrogen-bond donors (Lipinski definition) is 2. The second-order valence-corrected chi connectivity index (χ2v) is 4.39. The van der Waals surface area contributed by atoms with Gasteiger partial charge in [0.15, 0.2) is 0 Å². The molecule has 0 aromatic carbocycles. The Morgan fingerprint density at radius 2 is 2.15 bits per heavy atom. The van der Waals surface area contributed by atoms with E-state index in [1.165, 1.54) is 0 Å². The minimum absolute atomic E-state index is 0.0263. The molecule has 3 nitrogen and oxygen atoms in total. The van der Waals surface area contributed by atoms with Crippen molar-refractivity contribution in [3.05, 3.63) is 0 Å². The van der Waals surface area contributed by atoms with Crippen LogP contribution in [0.5, 0.6) is 0 Å². The monoisotopic (exact) mass is 187 g/mol. The predicted molar refractivity (Wildman–Crippen MR) is 52.7 cm³/mol. The van der Waals surface area contributed by atoms with Crippen molar-refractivity contribution in [2.24, 2.45) is 0 Å². The van der Waals surface area contributed by atoms with Crippen molar-refractivity contribution in [2.45, 2.75) is 51.4 Å². The van der Waals surface area contributed by atoms with Crippen LogP contribution in [0.4, 0.5) is 0 Å². The zero-order valence-corrected chi connectivity index (χ0v) is 8.84. The van der Waals surface area contributed by atoms with Crippen LogP contribution >= 0.6 is 0 Å². The smallest absolute Gasteiger partial charge is 0.0977 e. The molecule has 1 aliphatic rings. The van der Waals surface area contributed by atoms with Gasteiger partial charge in [0.05, 0.1) is 17.8 Å². The Morgan fingerprint density at radius 3 is 2.62 bits per heavy atom. The van der Waals surface area contributed by atoms with Crippen LogP contribution in [0.25, 0.3) is 0 Å². The molecule has 0 saturated carbocycles. The molecule has 78 valence electrons. The minimum Gasteiger partial charge on any atom is -0.389 e. The average Bonchev–Trinajstić information content (AvgIpc) is 2.35. The topological polar surface area (TPSA) is 41.5 Å². The van der Waals surface area contributed by atoms with Crippen molar-refractivity contribution in [3.63, 3.8) is 0 Å². The normalized spacial score (nSPS) is 29.5. The molecule has 13 heavy (non-hydrogen) atoms. The highest BCUT2D eigenvalue weighted by Crippen LogP contribution is 2.21. The van der Waals surface area contributed by atoms with Gasteiger partial charge >= 0.3 is 0 Å². The van der Waals surface area contributed by atoms with E-state index in [2.05, 4.69) is 26.1 Å². The standard InChI is InChI=1S/C10H21NO2/c1-4-5-10(2,3)13-9-7-11-6-8(9)12/h8-9,11-12H,4-7H2,1-3H3/t8-,9+/m0/s1. The van der Waals surface area contributed by atoms with Crippen molar-refractivity contribution in [1.82, 2.24) is 5.32 Å². The Kier molecular flexibility index (Phi) is 3.71. The highest BCUT2D eigenvalue weighted by Gasteiger charge is 2.31. The summed E-state index contributed by atoms with van der Waals surface area (Å²) in [6.45, 7) is 7.75. The third-order valence-electron chi connectivity index (χ3n) is 2.45. The molecule has 0 aromatic rings. The summed E-state index contributed by atoms with van der Waals surface area (Å²) in [4.78, 5) is 0. The molecule has 1 fully saturated rings. The van der Waals surface area contributed by atoms with Crippen molar-refractivity contribution >= 4 is 0 Å². The van der Waals surface area contributed by atoms with Crippen LogP contribution in [0.1, 0.15) is 33.6 Å². The molecule has 0 spiro atoms. The Morgan fingerprint density at radius 1 is 1.46 bits per heavy atom. The van der Waals surface area contributed by atoms with Gasteiger partial charge in [-0.05, 0) is 20.3 Å². The molecule has 1 aliphatic heterocycles. The van der Waals surface area contributed by atoms with Crippen LogP contribution in [0.2, 0.25) is 0 Å². The zero-order valence-electron chi connectivity index (χ0n) is 8.84. The summed E-state index contributed by atoms with van der Waals surface area (Å²) < 4.78 is 5.84. The van der Waals surface area contributed by atoms with Gasteiger partial charge in [0, 0.05) is 13.1 Å². The van der Waals surface area contributed by atoms with Crippen molar-refractivity contribution in [2.75, 3.05) is 13.1 Å². The Balaban J connectivity index is 2.37. The van der Waals surface area contributed by atoms with Crippen LogP contribution in [0.15, 0.2) is 0 Å². The van der Waals surface area contributed by atoms with Crippen molar-refractivity contribution in [1.29, 1.82) is 0 Å². The summed E-state index contributed by atoms with van der Waals surface area (Å²) in [5, 5.41) is 12.6. The molecule has 2 N–H and O–H groups in total. The second-order valence-electron chi connectivity index (χ2n) is 4.39. The number of ether oxygens (including phenoxy) is 1. The van der Waals surface area contributed by atoms with Crippen LogP contribution in [0, 0.1) is 0 Å². The summed E-state index contributed by atoms with van der Waals surface area (Å²) in [6, 6.07) is 0. The first kappa shape index (κ1) is 11.0. The van der Waals surface area contributed by atoms with Gasteiger partial charge < -0.3 is 15.2 Å². The maximum absolute atomic E-state index is 9.53. The highest BCUT2D eigenvalue weighted by atomic mass is 16.5. The molecular formula is C10H21NO2. The fourth-order valence-corrected chi connectivity index (χ4v) is 1.83. The Hall–Kier alpha value is -0.120. The number of nitrogens with one attached hydrogen (secondary N) is 1. The maximum Gasteiger partial charge on any atom is 0.0977 e. The number of rotatable bonds is 4. The molecule has 0 radical (unpaired) electrons. The molecule has 0 aromatic heterocycles. The quantitative estimate of drug-likeness (QED) is 0.687. The lowest BCUT2D eigenvalue weighted by Gasteiger charge is -2.29. The first-order valence-corrected chi connectivity index (χ1v) is 5.12. The van der Waals surface area contributed by atoms with Gasteiger partial charge in [-0.3, -0.25) is 0 Å². The van der Waals surface area contributed by atoms with Gasteiger partial charge in [-0.25, -0.2) is 0 Å². The minimum atomic E-state index is -0.337. The van der Waals surface area contributed by atoms with Gasteiger partial charge in [0.2, 0.25) is 0 Å². The summed E-state index contributed by atoms with van der Waals surface area (Å²) in [7, 11) is 0. The molecule has 1 saturated heterocycles. The number of aliphatic hydroxyl groups excluding tert-OH is 1. The van der Waals surface area contributed by atoms with Crippen molar-refractivity contribution in [3.8, 4) is 0 Å². The lowest BCUT2D eigenvalue weighted by Crippen LogP contribution is -2.37. The van der Waals surface area contributed by atoms with E-state index in [1.807, 2.05) is 0 Å². The SMILES string of the molecule is CCCC(C)(C)O[C@@H]1CNC[C@@H]1O. The predicted octanol–water partition coefficient (Wildman–Crippen LogP) is 0.914. The molecule has 2 atom stereocenters. The van der Waals surface area contributed by atoms with E-state index in [0.717, 1.165) is 19.4 Å².